The number of alkyl halides is 1. The zero-order valence-corrected chi connectivity index (χ0v) is 11.6. The average Bonchev–Trinajstić information content (AvgIpc) is 2.21. The van der Waals surface area contributed by atoms with Crippen molar-refractivity contribution in [3.63, 3.8) is 0 Å². The molecule has 0 radical (unpaired) electrons. The SMILES string of the molecule is CC(CCl)CSCc1ccc(F)cc1Br. The molecule has 0 spiro atoms. The molecule has 0 aliphatic carbocycles. The van der Waals surface area contributed by atoms with Crippen molar-refractivity contribution in [2.45, 2.75) is 12.7 Å². The van der Waals surface area contributed by atoms with Gasteiger partial charge in [0.25, 0.3) is 0 Å². The van der Waals surface area contributed by atoms with E-state index in [1.54, 1.807) is 0 Å². The lowest BCUT2D eigenvalue weighted by Crippen LogP contribution is -1.99. The Morgan fingerprint density at radius 1 is 1.53 bits per heavy atom. The minimum atomic E-state index is -0.204. The van der Waals surface area contributed by atoms with Crippen LogP contribution in [0.2, 0.25) is 0 Å². The van der Waals surface area contributed by atoms with Crippen LogP contribution in [0.5, 0.6) is 0 Å². The molecule has 0 bridgehead atoms. The number of halogens is 3. The Morgan fingerprint density at radius 2 is 2.27 bits per heavy atom. The fraction of sp³-hybridized carbons (Fsp3) is 0.455. The summed E-state index contributed by atoms with van der Waals surface area (Å²) >= 11 is 10.9. The van der Waals surface area contributed by atoms with E-state index in [1.807, 2.05) is 17.8 Å². The first-order valence-electron chi connectivity index (χ1n) is 4.71. The lowest BCUT2D eigenvalue weighted by molar-refractivity contribution is 0.626. The summed E-state index contributed by atoms with van der Waals surface area (Å²) in [6.45, 7) is 2.12. The second-order valence-electron chi connectivity index (χ2n) is 3.51. The maximum Gasteiger partial charge on any atom is 0.124 e. The summed E-state index contributed by atoms with van der Waals surface area (Å²) in [5.74, 6) is 2.94. The van der Waals surface area contributed by atoms with Crippen LogP contribution in [0, 0.1) is 11.7 Å². The Labute approximate surface area is 108 Å². The lowest BCUT2D eigenvalue weighted by atomic mass is 10.2. The van der Waals surface area contributed by atoms with Crippen LogP contribution in [-0.4, -0.2) is 11.6 Å². The molecule has 1 rings (SSSR count). The standard InChI is InChI=1S/C11H13BrClFS/c1-8(5-13)6-15-7-9-2-3-10(14)4-11(9)12/h2-4,8H,5-7H2,1H3. The van der Waals surface area contributed by atoms with Gasteiger partial charge in [0, 0.05) is 16.1 Å². The zero-order chi connectivity index (χ0) is 11.3. The van der Waals surface area contributed by atoms with E-state index in [-0.39, 0.29) is 5.82 Å². The lowest BCUT2D eigenvalue weighted by Gasteiger charge is -2.08. The molecule has 0 heterocycles. The average molecular weight is 312 g/mol. The molecule has 84 valence electrons. The van der Waals surface area contributed by atoms with Gasteiger partial charge in [0.1, 0.15) is 5.82 Å². The second-order valence-corrected chi connectivity index (χ2v) is 5.70. The predicted octanol–water partition coefficient (Wildman–Crippen LogP) is 4.70. The fourth-order valence-electron chi connectivity index (χ4n) is 1.05. The number of benzene rings is 1. The number of rotatable bonds is 5. The highest BCUT2D eigenvalue weighted by Crippen LogP contribution is 2.23. The molecule has 15 heavy (non-hydrogen) atoms. The van der Waals surface area contributed by atoms with Gasteiger partial charge in [-0.2, -0.15) is 11.8 Å². The van der Waals surface area contributed by atoms with Crippen molar-refractivity contribution in [1.82, 2.24) is 0 Å². The summed E-state index contributed by atoms with van der Waals surface area (Å²) in [5, 5.41) is 0. The Morgan fingerprint density at radius 3 is 2.87 bits per heavy atom. The van der Waals surface area contributed by atoms with E-state index in [4.69, 9.17) is 11.6 Å². The molecule has 1 atom stereocenters. The molecule has 0 saturated carbocycles. The van der Waals surface area contributed by atoms with E-state index >= 15 is 0 Å². The van der Waals surface area contributed by atoms with Crippen molar-refractivity contribution in [3.8, 4) is 0 Å². The number of hydrogen-bond donors (Lipinski definition) is 0. The summed E-state index contributed by atoms with van der Waals surface area (Å²) in [4.78, 5) is 0. The van der Waals surface area contributed by atoms with Crippen molar-refractivity contribution in [3.05, 3.63) is 34.1 Å². The molecule has 0 nitrogen and oxygen atoms in total. The van der Waals surface area contributed by atoms with Crippen LogP contribution in [0.3, 0.4) is 0 Å². The Balaban J connectivity index is 2.44. The highest BCUT2D eigenvalue weighted by molar-refractivity contribution is 9.10. The summed E-state index contributed by atoms with van der Waals surface area (Å²) in [7, 11) is 0. The van der Waals surface area contributed by atoms with E-state index < -0.39 is 0 Å². The molecule has 1 aromatic carbocycles. The van der Waals surface area contributed by atoms with Gasteiger partial charge in [-0.1, -0.05) is 28.9 Å². The van der Waals surface area contributed by atoms with Crippen LogP contribution in [0.1, 0.15) is 12.5 Å². The van der Waals surface area contributed by atoms with Gasteiger partial charge in [-0.25, -0.2) is 4.39 Å². The van der Waals surface area contributed by atoms with Gasteiger partial charge in [0.15, 0.2) is 0 Å². The molecule has 1 unspecified atom stereocenters. The van der Waals surface area contributed by atoms with Gasteiger partial charge < -0.3 is 0 Å². The van der Waals surface area contributed by atoms with Crippen LogP contribution in [0.4, 0.5) is 4.39 Å². The van der Waals surface area contributed by atoms with Crippen molar-refractivity contribution in [2.75, 3.05) is 11.6 Å². The van der Waals surface area contributed by atoms with Gasteiger partial charge in [0.05, 0.1) is 0 Å². The molecular weight excluding hydrogens is 299 g/mol. The Kier molecular flexibility index (Phi) is 6.02. The predicted molar refractivity (Wildman–Crippen MR) is 70.1 cm³/mol. The van der Waals surface area contributed by atoms with Crippen molar-refractivity contribution >= 4 is 39.3 Å². The fourth-order valence-corrected chi connectivity index (χ4v) is 3.08. The van der Waals surface area contributed by atoms with E-state index in [0.29, 0.717) is 11.8 Å². The summed E-state index contributed by atoms with van der Waals surface area (Å²) in [5.41, 5.74) is 1.13. The van der Waals surface area contributed by atoms with Crippen LogP contribution >= 0.6 is 39.3 Å². The van der Waals surface area contributed by atoms with Crippen molar-refractivity contribution in [2.24, 2.45) is 5.92 Å². The Bertz CT molecular complexity index is 319. The quantitative estimate of drug-likeness (QED) is 0.711. The molecule has 1 aromatic rings. The molecule has 0 amide bonds. The summed E-state index contributed by atoms with van der Waals surface area (Å²) < 4.78 is 13.6. The molecule has 0 aliphatic rings. The van der Waals surface area contributed by atoms with Gasteiger partial charge in [-0.05, 0) is 29.4 Å². The van der Waals surface area contributed by atoms with E-state index in [9.17, 15) is 4.39 Å². The molecule has 0 aromatic heterocycles. The van der Waals surface area contributed by atoms with Gasteiger partial charge in [0.2, 0.25) is 0 Å². The van der Waals surface area contributed by atoms with Crippen molar-refractivity contribution < 1.29 is 4.39 Å². The maximum absolute atomic E-state index is 12.8. The molecule has 0 aliphatic heterocycles. The zero-order valence-electron chi connectivity index (χ0n) is 8.47. The molecule has 0 saturated heterocycles. The monoisotopic (exact) mass is 310 g/mol. The van der Waals surface area contributed by atoms with E-state index in [2.05, 4.69) is 22.9 Å². The van der Waals surface area contributed by atoms with Crippen LogP contribution in [-0.2, 0) is 5.75 Å². The summed E-state index contributed by atoms with van der Waals surface area (Å²) in [6.07, 6.45) is 0. The second kappa shape index (κ2) is 6.77. The largest absolute Gasteiger partial charge is 0.207 e. The first kappa shape index (κ1) is 13.3. The number of thioether (sulfide) groups is 1. The summed E-state index contributed by atoms with van der Waals surface area (Å²) in [6, 6.07) is 4.81. The molecule has 4 heteroatoms. The van der Waals surface area contributed by atoms with Gasteiger partial charge in [-0.15, -0.1) is 11.6 Å². The third-order valence-corrected chi connectivity index (χ3v) is 4.52. The van der Waals surface area contributed by atoms with E-state index in [1.165, 1.54) is 12.1 Å². The topological polar surface area (TPSA) is 0 Å². The normalized spacial score (nSPS) is 12.8. The molecule has 0 N–H and O–H groups in total. The van der Waals surface area contributed by atoms with E-state index in [0.717, 1.165) is 21.5 Å². The van der Waals surface area contributed by atoms with Gasteiger partial charge >= 0.3 is 0 Å². The first-order valence-corrected chi connectivity index (χ1v) is 7.19. The smallest absolute Gasteiger partial charge is 0.124 e. The van der Waals surface area contributed by atoms with Crippen LogP contribution in [0.25, 0.3) is 0 Å². The molecule has 0 fully saturated rings. The Hall–Kier alpha value is 0.270. The first-order chi connectivity index (χ1) is 7.13. The highest BCUT2D eigenvalue weighted by Gasteiger charge is 2.04. The third-order valence-electron chi connectivity index (χ3n) is 1.94. The minimum absolute atomic E-state index is 0.204. The van der Waals surface area contributed by atoms with Crippen LogP contribution < -0.4 is 0 Å². The van der Waals surface area contributed by atoms with Gasteiger partial charge in [-0.3, -0.25) is 0 Å². The van der Waals surface area contributed by atoms with Crippen LogP contribution in [0.15, 0.2) is 22.7 Å². The third kappa shape index (κ3) is 4.75. The number of hydrogen-bond acceptors (Lipinski definition) is 1. The van der Waals surface area contributed by atoms with Crippen molar-refractivity contribution in [1.29, 1.82) is 0 Å². The highest BCUT2D eigenvalue weighted by atomic mass is 79.9. The minimum Gasteiger partial charge on any atom is -0.207 e. The molecular formula is C11H13BrClFS. The maximum atomic E-state index is 12.8.